The van der Waals surface area contributed by atoms with Gasteiger partial charge in [-0.2, -0.15) is 0 Å². The number of hydrogen-bond acceptors (Lipinski definition) is 5. The minimum atomic E-state index is -0.954. The van der Waals surface area contributed by atoms with Gasteiger partial charge < -0.3 is 9.47 Å². The van der Waals surface area contributed by atoms with Crippen LogP contribution >= 0.6 is 15.9 Å². The second-order valence-electron chi connectivity index (χ2n) is 7.18. The Morgan fingerprint density at radius 3 is 2.50 bits per heavy atom. The average Bonchev–Trinajstić information content (AvgIpc) is 2.85. The molecule has 2 amide bonds. The first-order chi connectivity index (χ1) is 12.1. The lowest BCUT2D eigenvalue weighted by atomic mass is 9.96. The molecule has 0 aromatic heterocycles. The Bertz CT molecular complexity index is 697. The summed E-state index contributed by atoms with van der Waals surface area (Å²) in [5.74, 6) is -1.48. The maximum absolute atomic E-state index is 12.9. The first kappa shape index (κ1) is 20.4. The molecule has 0 aliphatic carbocycles. The van der Waals surface area contributed by atoms with E-state index in [9.17, 15) is 14.4 Å². The summed E-state index contributed by atoms with van der Waals surface area (Å²) >= 11 is 3.47. The van der Waals surface area contributed by atoms with Crippen LogP contribution in [0, 0.1) is 5.92 Å². The van der Waals surface area contributed by atoms with E-state index < -0.39 is 35.5 Å². The summed E-state index contributed by atoms with van der Waals surface area (Å²) in [4.78, 5) is 38.6. The summed E-state index contributed by atoms with van der Waals surface area (Å²) in [7, 11) is 0. The van der Waals surface area contributed by atoms with Crippen molar-refractivity contribution < 1.29 is 23.9 Å². The van der Waals surface area contributed by atoms with E-state index >= 15 is 0 Å². The van der Waals surface area contributed by atoms with E-state index in [1.165, 1.54) is 0 Å². The van der Waals surface area contributed by atoms with E-state index in [2.05, 4.69) is 15.9 Å². The van der Waals surface area contributed by atoms with Crippen molar-refractivity contribution in [2.24, 2.45) is 5.92 Å². The summed E-state index contributed by atoms with van der Waals surface area (Å²) in [5, 5.41) is 0. The van der Waals surface area contributed by atoms with Gasteiger partial charge in [-0.1, -0.05) is 34.1 Å². The van der Waals surface area contributed by atoms with E-state index in [1.54, 1.807) is 27.7 Å². The largest absolute Gasteiger partial charge is 0.464 e. The lowest BCUT2D eigenvalue weighted by molar-refractivity contribution is -0.151. The number of benzene rings is 1. The molecule has 142 valence electrons. The number of ether oxygens (including phenoxy) is 2. The van der Waals surface area contributed by atoms with Crippen LogP contribution in [0.1, 0.15) is 39.7 Å². The van der Waals surface area contributed by atoms with Gasteiger partial charge >= 0.3 is 12.1 Å². The van der Waals surface area contributed by atoms with Gasteiger partial charge in [0.25, 0.3) is 0 Å². The van der Waals surface area contributed by atoms with Crippen LogP contribution in [0.5, 0.6) is 0 Å². The fourth-order valence-corrected chi connectivity index (χ4v) is 3.34. The minimum absolute atomic E-state index is 0.181. The van der Waals surface area contributed by atoms with Crippen molar-refractivity contribution in [3.8, 4) is 0 Å². The number of carbonyl (C=O) groups is 3. The van der Waals surface area contributed by atoms with Crippen molar-refractivity contribution in [3.05, 3.63) is 34.3 Å². The van der Waals surface area contributed by atoms with Gasteiger partial charge in [-0.25, -0.2) is 14.5 Å². The monoisotopic (exact) mass is 425 g/mol. The number of esters is 1. The van der Waals surface area contributed by atoms with Crippen LogP contribution in [0.25, 0.3) is 0 Å². The van der Waals surface area contributed by atoms with Crippen LogP contribution in [0.4, 0.5) is 4.79 Å². The van der Waals surface area contributed by atoms with E-state index in [-0.39, 0.29) is 13.0 Å². The van der Waals surface area contributed by atoms with E-state index in [0.29, 0.717) is 6.42 Å². The third-order valence-corrected chi connectivity index (χ3v) is 4.75. The number of halogens is 1. The number of hydrogen-bond donors (Lipinski definition) is 0. The molecule has 7 heteroatoms. The second kappa shape index (κ2) is 8.20. The number of nitrogens with zero attached hydrogens (tertiary/aromatic N) is 1. The van der Waals surface area contributed by atoms with E-state index in [4.69, 9.17) is 9.47 Å². The Balaban J connectivity index is 2.25. The van der Waals surface area contributed by atoms with Gasteiger partial charge in [0, 0.05) is 10.4 Å². The fraction of sp³-hybridized carbons (Fsp3) is 0.526. The molecule has 0 bridgehead atoms. The molecule has 26 heavy (non-hydrogen) atoms. The van der Waals surface area contributed by atoms with Crippen molar-refractivity contribution in [1.82, 2.24) is 4.90 Å². The lowest BCUT2D eigenvalue weighted by Crippen LogP contribution is -2.46. The molecule has 1 saturated heterocycles. The molecular weight excluding hydrogens is 402 g/mol. The Morgan fingerprint density at radius 1 is 1.27 bits per heavy atom. The average molecular weight is 426 g/mol. The maximum atomic E-state index is 12.9. The summed E-state index contributed by atoms with van der Waals surface area (Å²) in [5.41, 5.74) is 0.177. The zero-order valence-electron chi connectivity index (χ0n) is 15.5. The quantitative estimate of drug-likeness (QED) is 0.687. The van der Waals surface area contributed by atoms with Gasteiger partial charge in [-0.05, 0) is 52.2 Å². The fourth-order valence-electron chi connectivity index (χ4n) is 2.89. The summed E-state index contributed by atoms with van der Waals surface area (Å²) in [6.45, 7) is 7.00. The molecule has 2 rings (SSSR count). The predicted molar refractivity (Wildman–Crippen MR) is 99.5 cm³/mol. The molecule has 0 N–H and O–H groups in total. The molecule has 1 aliphatic rings. The van der Waals surface area contributed by atoms with Crippen molar-refractivity contribution in [1.29, 1.82) is 0 Å². The Morgan fingerprint density at radius 2 is 1.92 bits per heavy atom. The smallest absolute Gasteiger partial charge is 0.417 e. The molecule has 0 spiro atoms. The highest BCUT2D eigenvalue weighted by molar-refractivity contribution is 9.10. The van der Waals surface area contributed by atoms with Crippen LogP contribution < -0.4 is 0 Å². The van der Waals surface area contributed by atoms with Gasteiger partial charge in [0.2, 0.25) is 5.91 Å². The number of likely N-dealkylation sites (tertiary alicyclic amines) is 1. The third kappa shape index (κ3) is 4.84. The highest BCUT2D eigenvalue weighted by Crippen LogP contribution is 2.32. The van der Waals surface area contributed by atoms with Gasteiger partial charge in [0.05, 0.1) is 6.61 Å². The first-order valence-electron chi connectivity index (χ1n) is 8.60. The van der Waals surface area contributed by atoms with Crippen molar-refractivity contribution >= 4 is 33.9 Å². The third-order valence-electron chi connectivity index (χ3n) is 3.98. The summed E-state index contributed by atoms with van der Waals surface area (Å²) < 4.78 is 11.3. The van der Waals surface area contributed by atoms with Gasteiger partial charge in [0.1, 0.15) is 11.6 Å². The number of imide groups is 1. The second-order valence-corrected chi connectivity index (χ2v) is 8.04. The molecule has 2 atom stereocenters. The molecule has 0 unspecified atom stereocenters. The minimum Gasteiger partial charge on any atom is -0.464 e. The van der Waals surface area contributed by atoms with Gasteiger partial charge in [0.15, 0.2) is 0 Å². The highest BCUT2D eigenvalue weighted by Gasteiger charge is 2.48. The van der Waals surface area contributed by atoms with Crippen LogP contribution in [-0.4, -0.2) is 41.1 Å². The first-order valence-corrected chi connectivity index (χ1v) is 9.39. The van der Waals surface area contributed by atoms with Crippen LogP contribution in [0.15, 0.2) is 28.7 Å². The normalized spacial score (nSPS) is 20.2. The van der Waals surface area contributed by atoms with E-state index in [1.807, 2.05) is 24.3 Å². The molecule has 6 nitrogen and oxygen atoms in total. The highest BCUT2D eigenvalue weighted by atomic mass is 79.9. The van der Waals surface area contributed by atoms with Gasteiger partial charge in [-0.3, -0.25) is 4.79 Å². The number of rotatable bonds is 4. The molecule has 1 aliphatic heterocycles. The molecule has 1 fully saturated rings. The Hall–Kier alpha value is -1.89. The predicted octanol–water partition coefficient (Wildman–Crippen LogP) is 3.71. The van der Waals surface area contributed by atoms with Crippen molar-refractivity contribution in [2.75, 3.05) is 6.61 Å². The number of carbonyl (C=O) groups excluding carboxylic acids is 3. The standard InChI is InChI=1S/C19H24BrNO5/c1-5-25-17(23)15-11-13(10-12-8-6-7-9-14(12)20)16(22)21(15)18(24)26-19(2,3)4/h6-9,13,15H,5,10-11H2,1-4H3/t13-,15+/m0/s1. The summed E-state index contributed by atoms with van der Waals surface area (Å²) in [6.07, 6.45) is -0.163. The maximum Gasteiger partial charge on any atom is 0.417 e. The molecule has 1 heterocycles. The van der Waals surface area contributed by atoms with Gasteiger partial charge in [-0.15, -0.1) is 0 Å². The topological polar surface area (TPSA) is 72.9 Å². The molecule has 1 aromatic rings. The molecule has 1 aromatic carbocycles. The van der Waals surface area contributed by atoms with Crippen LogP contribution in [0.3, 0.4) is 0 Å². The number of amides is 2. The van der Waals surface area contributed by atoms with Crippen molar-refractivity contribution in [3.63, 3.8) is 0 Å². The lowest BCUT2D eigenvalue weighted by Gasteiger charge is -2.26. The summed E-state index contributed by atoms with van der Waals surface area (Å²) in [6, 6.07) is 6.62. The Labute approximate surface area is 162 Å². The molecular formula is C19H24BrNO5. The Kier molecular flexibility index (Phi) is 6.44. The zero-order chi connectivity index (χ0) is 19.5. The molecule has 0 saturated carbocycles. The SMILES string of the molecule is CCOC(=O)[C@H]1C[C@H](Cc2ccccc2Br)C(=O)N1C(=O)OC(C)(C)C. The van der Waals surface area contributed by atoms with E-state index in [0.717, 1.165) is 14.9 Å². The molecule has 0 radical (unpaired) electrons. The van der Waals surface area contributed by atoms with Crippen LogP contribution in [0.2, 0.25) is 0 Å². The van der Waals surface area contributed by atoms with Crippen LogP contribution in [-0.2, 0) is 25.5 Å². The zero-order valence-corrected chi connectivity index (χ0v) is 17.0. The van der Waals surface area contributed by atoms with Crippen molar-refractivity contribution in [2.45, 2.75) is 52.2 Å².